The van der Waals surface area contributed by atoms with Crippen LogP contribution in [-0.2, 0) is 11.2 Å². The summed E-state index contributed by atoms with van der Waals surface area (Å²) in [6.07, 6.45) is 0.346. The number of carbonyl (C=O) groups is 1. The number of aryl methyl sites for hydroxylation is 1. The second kappa shape index (κ2) is 5.17. The van der Waals surface area contributed by atoms with Gasteiger partial charge in [-0.2, -0.15) is 0 Å². The number of halogens is 2. The van der Waals surface area contributed by atoms with E-state index >= 15 is 0 Å². The number of anilines is 1. The highest BCUT2D eigenvalue weighted by molar-refractivity contribution is 7.13. The molecule has 18 heavy (non-hydrogen) atoms. The van der Waals surface area contributed by atoms with Crippen LogP contribution in [0, 0.1) is 0 Å². The molecule has 0 aromatic carbocycles. The molecule has 0 atom stereocenters. The maximum absolute atomic E-state index is 12.9. The first-order valence-corrected chi connectivity index (χ1v) is 6.70. The fraction of sp³-hybridized carbons (Fsp3) is 0.636. The summed E-state index contributed by atoms with van der Waals surface area (Å²) >= 11 is 1.33. The lowest BCUT2D eigenvalue weighted by atomic mass is 10.1. The van der Waals surface area contributed by atoms with Gasteiger partial charge in [-0.05, 0) is 6.42 Å². The van der Waals surface area contributed by atoms with E-state index in [0.29, 0.717) is 18.0 Å². The van der Waals surface area contributed by atoms with Gasteiger partial charge in [0.2, 0.25) is 5.91 Å². The molecule has 1 aromatic heterocycles. The maximum atomic E-state index is 12.9. The summed E-state index contributed by atoms with van der Waals surface area (Å²) in [4.78, 5) is 17.4. The SMILES string of the molecule is Nc1nc(CCC(=O)N2CCC(F)(F)CC2)cs1. The van der Waals surface area contributed by atoms with Crippen molar-refractivity contribution in [2.75, 3.05) is 18.8 Å². The number of amides is 1. The lowest BCUT2D eigenvalue weighted by Crippen LogP contribution is -2.42. The molecule has 7 heteroatoms. The van der Waals surface area contributed by atoms with Gasteiger partial charge in [-0.25, -0.2) is 13.8 Å². The molecule has 1 saturated heterocycles. The number of nitrogens with zero attached hydrogens (tertiary/aromatic N) is 2. The second-order valence-corrected chi connectivity index (χ2v) is 5.30. The lowest BCUT2D eigenvalue weighted by molar-refractivity contribution is -0.137. The quantitative estimate of drug-likeness (QED) is 0.916. The molecule has 0 saturated carbocycles. The minimum atomic E-state index is -2.61. The van der Waals surface area contributed by atoms with Crippen molar-refractivity contribution in [3.8, 4) is 0 Å². The molecule has 4 nitrogen and oxygen atoms in total. The summed E-state index contributed by atoms with van der Waals surface area (Å²) in [6.45, 7) is 0.288. The largest absolute Gasteiger partial charge is 0.375 e. The van der Waals surface area contributed by atoms with Crippen molar-refractivity contribution in [2.24, 2.45) is 0 Å². The Morgan fingerprint density at radius 2 is 2.17 bits per heavy atom. The van der Waals surface area contributed by atoms with Crippen LogP contribution in [0.2, 0.25) is 0 Å². The molecule has 0 unspecified atom stereocenters. The molecule has 100 valence electrons. The third-order valence-corrected chi connectivity index (χ3v) is 3.73. The molecule has 0 radical (unpaired) electrons. The monoisotopic (exact) mass is 275 g/mol. The van der Waals surface area contributed by atoms with Crippen molar-refractivity contribution in [1.29, 1.82) is 0 Å². The van der Waals surface area contributed by atoms with Crippen LogP contribution in [0.4, 0.5) is 13.9 Å². The second-order valence-electron chi connectivity index (χ2n) is 4.41. The summed E-state index contributed by atoms with van der Waals surface area (Å²) in [6, 6.07) is 0. The molecular weight excluding hydrogens is 260 g/mol. The number of piperidine rings is 1. The Morgan fingerprint density at radius 1 is 1.50 bits per heavy atom. The number of alkyl halides is 2. The lowest BCUT2D eigenvalue weighted by Gasteiger charge is -2.31. The van der Waals surface area contributed by atoms with E-state index in [9.17, 15) is 13.6 Å². The zero-order valence-electron chi connectivity index (χ0n) is 9.86. The first-order chi connectivity index (χ1) is 8.46. The first-order valence-electron chi connectivity index (χ1n) is 5.82. The van der Waals surface area contributed by atoms with Gasteiger partial charge in [0.15, 0.2) is 5.13 Å². The highest BCUT2D eigenvalue weighted by Gasteiger charge is 2.35. The number of carbonyl (C=O) groups excluding carboxylic acids is 1. The van der Waals surface area contributed by atoms with Gasteiger partial charge < -0.3 is 10.6 Å². The number of nitrogen functional groups attached to an aromatic ring is 1. The fourth-order valence-electron chi connectivity index (χ4n) is 1.91. The molecule has 1 aliphatic heterocycles. The van der Waals surface area contributed by atoms with Crippen molar-refractivity contribution >= 4 is 22.4 Å². The molecule has 0 aliphatic carbocycles. The molecule has 2 rings (SSSR count). The normalized spacial score (nSPS) is 18.9. The first kappa shape index (κ1) is 13.2. The number of likely N-dealkylation sites (tertiary alicyclic amines) is 1. The Kier molecular flexibility index (Phi) is 3.79. The van der Waals surface area contributed by atoms with Gasteiger partial charge in [0.1, 0.15) is 0 Å². The average molecular weight is 275 g/mol. The molecule has 0 bridgehead atoms. The average Bonchev–Trinajstić information content (AvgIpc) is 2.72. The smallest absolute Gasteiger partial charge is 0.251 e. The van der Waals surface area contributed by atoms with Gasteiger partial charge in [0.25, 0.3) is 5.92 Å². The Hall–Kier alpha value is -1.24. The number of thiazole rings is 1. The van der Waals surface area contributed by atoms with Gasteiger partial charge in [0, 0.05) is 37.7 Å². The minimum absolute atomic E-state index is 0.0860. The highest BCUT2D eigenvalue weighted by Crippen LogP contribution is 2.28. The maximum Gasteiger partial charge on any atom is 0.251 e. The molecule has 1 aromatic rings. The third kappa shape index (κ3) is 3.38. The van der Waals surface area contributed by atoms with Crippen LogP contribution in [0.3, 0.4) is 0 Å². The molecule has 1 aliphatic rings. The van der Waals surface area contributed by atoms with Crippen molar-refractivity contribution in [2.45, 2.75) is 31.6 Å². The van der Waals surface area contributed by atoms with E-state index in [4.69, 9.17) is 5.73 Å². The predicted molar refractivity (Wildman–Crippen MR) is 65.6 cm³/mol. The molecule has 1 amide bonds. The molecule has 1 fully saturated rings. The van der Waals surface area contributed by atoms with Gasteiger partial charge in [-0.3, -0.25) is 4.79 Å². The zero-order chi connectivity index (χ0) is 13.2. The topological polar surface area (TPSA) is 59.2 Å². The van der Waals surface area contributed by atoms with Crippen molar-refractivity contribution < 1.29 is 13.6 Å². The van der Waals surface area contributed by atoms with Crippen LogP contribution >= 0.6 is 11.3 Å². The summed E-state index contributed by atoms with van der Waals surface area (Å²) in [5.41, 5.74) is 6.27. The fourth-order valence-corrected chi connectivity index (χ4v) is 2.51. The molecule has 2 N–H and O–H groups in total. The van der Waals surface area contributed by atoms with Crippen molar-refractivity contribution in [3.05, 3.63) is 11.1 Å². The van der Waals surface area contributed by atoms with Gasteiger partial charge in [-0.15, -0.1) is 11.3 Å². The Labute approximate surface area is 108 Å². The highest BCUT2D eigenvalue weighted by atomic mass is 32.1. The van der Waals surface area contributed by atoms with E-state index in [2.05, 4.69) is 4.98 Å². The van der Waals surface area contributed by atoms with Gasteiger partial charge in [0.05, 0.1) is 5.69 Å². The summed E-state index contributed by atoms with van der Waals surface area (Å²) in [7, 11) is 0. The zero-order valence-corrected chi connectivity index (χ0v) is 10.7. The number of rotatable bonds is 3. The van der Waals surface area contributed by atoms with E-state index in [1.54, 1.807) is 0 Å². The van der Waals surface area contributed by atoms with Crippen LogP contribution in [0.15, 0.2) is 5.38 Å². The third-order valence-electron chi connectivity index (χ3n) is 3.01. The standard InChI is InChI=1S/C11H15F2N3OS/c12-11(13)3-5-16(6-4-11)9(17)2-1-8-7-18-10(14)15-8/h7H,1-6H2,(H2,14,15). The predicted octanol–water partition coefficient (Wildman–Crippen LogP) is 1.92. The van der Waals surface area contributed by atoms with E-state index in [0.717, 1.165) is 5.69 Å². The van der Waals surface area contributed by atoms with Crippen LogP contribution in [0.1, 0.15) is 25.0 Å². The van der Waals surface area contributed by atoms with Gasteiger partial charge in [-0.1, -0.05) is 0 Å². The Bertz CT molecular complexity index is 426. The number of nitrogens with two attached hydrogens (primary N) is 1. The Morgan fingerprint density at radius 3 is 2.72 bits per heavy atom. The number of hydrogen-bond donors (Lipinski definition) is 1. The van der Waals surface area contributed by atoms with Crippen molar-refractivity contribution in [3.63, 3.8) is 0 Å². The summed E-state index contributed by atoms with van der Waals surface area (Å²) in [5, 5.41) is 2.29. The van der Waals surface area contributed by atoms with Gasteiger partial charge >= 0.3 is 0 Å². The van der Waals surface area contributed by atoms with E-state index < -0.39 is 5.92 Å². The summed E-state index contributed by atoms with van der Waals surface area (Å²) < 4.78 is 25.9. The Balaban J connectivity index is 1.79. The van der Waals surface area contributed by atoms with Crippen LogP contribution in [0.25, 0.3) is 0 Å². The van der Waals surface area contributed by atoms with Crippen LogP contribution in [0.5, 0.6) is 0 Å². The minimum Gasteiger partial charge on any atom is -0.375 e. The van der Waals surface area contributed by atoms with E-state index in [-0.39, 0.29) is 31.8 Å². The summed E-state index contributed by atoms with van der Waals surface area (Å²) in [5.74, 6) is -2.70. The number of aromatic nitrogens is 1. The van der Waals surface area contributed by atoms with E-state index in [1.807, 2.05) is 5.38 Å². The number of hydrogen-bond acceptors (Lipinski definition) is 4. The van der Waals surface area contributed by atoms with Crippen LogP contribution in [-0.4, -0.2) is 34.8 Å². The molecule has 0 spiro atoms. The van der Waals surface area contributed by atoms with Crippen LogP contribution < -0.4 is 5.73 Å². The molecular formula is C11H15F2N3OS. The molecule has 2 heterocycles. The van der Waals surface area contributed by atoms with Crippen molar-refractivity contribution in [1.82, 2.24) is 9.88 Å². The van der Waals surface area contributed by atoms with E-state index in [1.165, 1.54) is 16.2 Å².